The van der Waals surface area contributed by atoms with E-state index in [4.69, 9.17) is 5.73 Å². The van der Waals surface area contributed by atoms with Crippen LogP contribution in [-0.2, 0) is 11.3 Å². The molecule has 3 N–H and O–H groups in total. The molecule has 0 saturated heterocycles. The molecule has 1 amide bonds. The second-order valence-corrected chi connectivity index (χ2v) is 4.72. The molecule has 2 aromatic rings. The van der Waals surface area contributed by atoms with Crippen molar-refractivity contribution in [3.63, 3.8) is 0 Å². The molecule has 0 fully saturated rings. The molecule has 0 aliphatic rings. The topological polar surface area (TPSA) is 72.9 Å². The van der Waals surface area contributed by atoms with Gasteiger partial charge in [-0.15, -0.1) is 0 Å². The van der Waals surface area contributed by atoms with E-state index in [2.05, 4.69) is 10.3 Å². The zero-order chi connectivity index (χ0) is 13.3. The van der Waals surface area contributed by atoms with Crippen molar-refractivity contribution in [1.29, 1.82) is 0 Å². The van der Waals surface area contributed by atoms with Crippen LogP contribution in [0.4, 0.5) is 5.95 Å². The van der Waals surface area contributed by atoms with Gasteiger partial charge in [0.25, 0.3) is 0 Å². The number of fused-ring (bicyclic) bond motifs is 1. The molecule has 0 saturated carbocycles. The first-order valence-electron chi connectivity index (χ1n) is 5.99. The minimum Gasteiger partial charge on any atom is -0.369 e. The summed E-state index contributed by atoms with van der Waals surface area (Å²) in [5.74, 6) is 0.315. The van der Waals surface area contributed by atoms with Gasteiger partial charge in [0, 0.05) is 6.04 Å². The second kappa shape index (κ2) is 4.68. The third kappa shape index (κ3) is 2.30. The number of nitrogens with one attached hydrogen (secondary N) is 1. The number of hydrogen-bond donors (Lipinski definition) is 2. The van der Waals surface area contributed by atoms with E-state index in [-0.39, 0.29) is 18.5 Å². The molecule has 1 aromatic heterocycles. The van der Waals surface area contributed by atoms with Crippen LogP contribution < -0.4 is 11.1 Å². The van der Waals surface area contributed by atoms with Crippen LogP contribution in [0.2, 0.25) is 0 Å². The highest BCUT2D eigenvalue weighted by atomic mass is 16.2. The maximum absolute atomic E-state index is 11.8. The molecule has 0 aliphatic heterocycles. The van der Waals surface area contributed by atoms with Crippen molar-refractivity contribution in [2.75, 3.05) is 5.73 Å². The summed E-state index contributed by atoms with van der Waals surface area (Å²) in [4.78, 5) is 16.1. The average Bonchev–Trinajstić information content (AvgIpc) is 2.57. The maximum atomic E-state index is 11.8. The minimum atomic E-state index is -0.0579. The standard InChI is InChI=1S/C13H18N4O/c1-8(2)15-11(18)7-17-10-6-4-5-9(3)12(10)16-13(17)14/h4-6,8H,7H2,1-3H3,(H2,14,16)(H,15,18). The van der Waals surface area contributed by atoms with Crippen molar-refractivity contribution in [2.24, 2.45) is 0 Å². The van der Waals surface area contributed by atoms with Crippen molar-refractivity contribution in [3.05, 3.63) is 23.8 Å². The summed E-state index contributed by atoms with van der Waals surface area (Å²) >= 11 is 0. The summed E-state index contributed by atoms with van der Waals surface area (Å²) in [6.07, 6.45) is 0. The Morgan fingerprint density at radius 1 is 1.50 bits per heavy atom. The monoisotopic (exact) mass is 246 g/mol. The predicted octanol–water partition coefficient (Wildman–Crippen LogP) is 1.45. The van der Waals surface area contributed by atoms with Crippen LogP contribution in [-0.4, -0.2) is 21.5 Å². The fourth-order valence-electron chi connectivity index (χ4n) is 1.98. The lowest BCUT2D eigenvalue weighted by molar-refractivity contribution is -0.122. The highest BCUT2D eigenvalue weighted by Crippen LogP contribution is 2.20. The van der Waals surface area contributed by atoms with Crippen LogP contribution in [0.1, 0.15) is 19.4 Å². The molecule has 0 atom stereocenters. The number of aryl methyl sites for hydroxylation is 1. The number of nitrogen functional groups attached to an aromatic ring is 1. The first-order chi connectivity index (χ1) is 8.49. The van der Waals surface area contributed by atoms with Gasteiger partial charge in [-0.25, -0.2) is 4.98 Å². The van der Waals surface area contributed by atoms with Gasteiger partial charge in [0.15, 0.2) is 0 Å². The number of anilines is 1. The highest BCUT2D eigenvalue weighted by molar-refractivity contribution is 5.84. The molecule has 18 heavy (non-hydrogen) atoms. The molecule has 5 heteroatoms. The van der Waals surface area contributed by atoms with Crippen LogP contribution in [0, 0.1) is 6.92 Å². The Balaban J connectivity index is 2.36. The first-order valence-corrected chi connectivity index (χ1v) is 5.99. The lowest BCUT2D eigenvalue weighted by Gasteiger charge is -2.10. The molecule has 96 valence electrons. The molecule has 1 heterocycles. The Labute approximate surface area is 106 Å². The van der Waals surface area contributed by atoms with E-state index in [1.54, 1.807) is 4.57 Å². The number of nitrogens with two attached hydrogens (primary N) is 1. The molecular weight excluding hydrogens is 228 g/mol. The molecular formula is C13H18N4O. The van der Waals surface area contributed by atoms with Gasteiger partial charge < -0.3 is 15.6 Å². The van der Waals surface area contributed by atoms with Gasteiger partial charge in [-0.1, -0.05) is 12.1 Å². The number of amides is 1. The van der Waals surface area contributed by atoms with Crippen molar-refractivity contribution < 1.29 is 4.79 Å². The van der Waals surface area contributed by atoms with E-state index in [0.29, 0.717) is 5.95 Å². The van der Waals surface area contributed by atoms with Gasteiger partial charge in [-0.2, -0.15) is 0 Å². The number of carbonyl (C=O) groups excluding carboxylic acids is 1. The summed E-state index contributed by atoms with van der Waals surface area (Å²) in [7, 11) is 0. The lowest BCUT2D eigenvalue weighted by atomic mass is 10.2. The quantitative estimate of drug-likeness (QED) is 0.861. The molecule has 1 aromatic carbocycles. The smallest absolute Gasteiger partial charge is 0.240 e. The van der Waals surface area contributed by atoms with Crippen molar-refractivity contribution >= 4 is 22.9 Å². The van der Waals surface area contributed by atoms with E-state index in [1.807, 2.05) is 39.0 Å². The number of nitrogens with zero attached hydrogens (tertiary/aromatic N) is 2. The SMILES string of the molecule is Cc1cccc2c1nc(N)n2CC(=O)NC(C)C. The Morgan fingerprint density at radius 3 is 2.89 bits per heavy atom. The minimum absolute atomic E-state index is 0.0579. The van der Waals surface area contributed by atoms with Crippen LogP contribution in [0.3, 0.4) is 0 Å². The zero-order valence-corrected chi connectivity index (χ0v) is 10.9. The van der Waals surface area contributed by atoms with E-state index >= 15 is 0 Å². The third-order valence-corrected chi connectivity index (χ3v) is 2.76. The van der Waals surface area contributed by atoms with Gasteiger partial charge >= 0.3 is 0 Å². The van der Waals surface area contributed by atoms with Gasteiger partial charge in [0.05, 0.1) is 11.0 Å². The second-order valence-electron chi connectivity index (χ2n) is 4.72. The number of benzene rings is 1. The molecule has 5 nitrogen and oxygen atoms in total. The Bertz CT molecular complexity index is 586. The van der Waals surface area contributed by atoms with E-state index in [9.17, 15) is 4.79 Å². The third-order valence-electron chi connectivity index (χ3n) is 2.76. The Kier molecular flexibility index (Phi) is 3.23. The van der Waals surface area contributed by atoms with Crippen molar-refractivity contribution in [3.8, 4) is 0 Å². The fourth-order valence-corrected chi connectivity index (χ4v) is 1.98. The van der Waals surface area contributed by atoms with E-state index in [0.717, 1.165) is 16.6 Å². The number of carbonyl (C=O) groups is 1. The number of imidazole rings is 1. The average molecular weight is 246 g/mol. The summed E-state index contributed by atoms with van der Waals surface area (Å²) in [5.41, 5.74) is 8.68. The molecule has 0 radical (unpaired) electrons. The normalized spacial score (nSPS) is 11.1. The van der Waals surface area contributed by atoms with Crippen molar-refractivity contribution in [1.82, 2.24) is 14.9 Å². The summed E-state index contributed by atoms with van der Waals surface area (Å²) < 4.78 is 1.74. The zero-order valence-electron chi connectivity index (χ0n) is 10.9. The van der Waals surface area contributed by atoms with E-state index in [1.165, 1.54) is 0 Å². The molecule has 0 bridgehead atoms. The highest BCUT2D eigenvalue weighted by Gasteiger charge is 2.13. The number of para-hydroxylation sites is 1. The summed E-state index contributed by atoms with van der Waals surface area (Å²) in [5, 5.41) is 2.84. The summed E-state index contributed by atoms with van der Waals surface area (Å²) in [6.45, 7) is 6.03. The van der Waals surface area contributed by atoms with Crippen LogP contribution >= 0.6 is 0 Å². The maximum Gasteiger partial charge on any atom is 0.240 e. The number of hydrogen-bond acceptors (Lipinski definition) is 3. The van der Waals surface area contributed by atoms with Gasteiger partial charge in [0.1, 0.15) is 6.54 Å². The van der Waals surface area contributed by atoms with Crippen LogP contribution in [0.25, 0.3) is 11.0 Å². The predicted molar refractivity (Wildman–Crippen MR) is 72.2 cm³/mol. The molecule has 0 unspecified atom stereocenters. The molecule has 0 spiro atoms. The van der Waals surface area contributed by atoms with E-state index < -0.39 is 0 Å². The van der Waals surface area contributed by atoms with Gasteiger partial charge in [-0.05, 0) is 32.4 Å². The Morgan fingerprint density at radius 2 is 2.22 bits per heavy atom. The van der Waals surface area contributed by atoms with Gasteiger partial charge in [-0.3, -0.25) is 4.79 Å². The van der Waals surface area contributed by atoms with Crippen LogP contribution in [0.5, 0.6) is 0 Å². The molecule has 0 aliphatic carbocycles. The number of aromatic nitrogens is 2. The van der Waals surface area contributed by atoms with Crippen LogP contribution in [0.15, 0.2) is 18.2 Å². The first kappa shape index (κ1) is 12.4. The lowest BCUT2D eigenvalue weighted by Crippen LogP contribution is -2.33. The number of rotatable bonds is 3. The Hall–Kier alpha value is -2.04. The van der Waals surface area contributed by atoms with Gasteiger partial charge in [0.2, 0.25) is 11.9 Å². The molecule has 2 rings (SSSR count). The summed E-state index contributed by atoms with van der Waals surface area (Å²) in [6, 6.07) is 5.97. The van der Waals surface area contributed by atoms with Crippen molar-refractivity contribution in [2.45, 2.75) is 33.4 Å². The largest absolute Gasteiger partial charge is 0.369 e. The fraction of sp³-hybridized carbons (Fsp3) is 0.385.